The molecule has 0 saturated heterocycles. The second-order valence-electron chi connectivity index (χ2n) is 3.26. The third-order valence-electron chi connectivity index (χ3n) is 1.80. The van der Waals surface area contributed by atoms with Crippen molar-refractivity contribution < 1.29 is 9.32 Å². The average molecular weight is 182 g/mol. The van der Waals surface area contributed by atoms with Crippen molar-refractivity contribution in [1.82, 2.24) is 10.1 Å². The van der Waals surface area contributed by atoms with E-state index in [1.807, 2.05) is 20.8 Å². The van der Waals surface area contributed by atoms with Crippen molar-refractivity contribution in [2.24, 2.45) is 5.92 Å². The molecule has 1 rings (SSSR count). The van der Waals surface area contributed by atoms with Crippen molar-refractivity contribution in [3.63, 3.8) is 0 Å². The molecular formula is C9H14N2O2. The molecule has 0 unspecified atom stereocenters. The number of rotatable bonds is 4. The number of Topliss-reactive ketones (excluding diaryl/α,β-unsaturated/α-hetero) is 1. The molecule has 0 aliphatic rings. The molecule has 1 aromatic heterocycles. The Morgan fingerprint density at radius 1 is 1.54 bits per heavy atom. The Morgan fingerprint density at radius 2 is 2.23 bits per heavy atom. The molecule has 0 N–H and O–H groups in total. The quantitative estimate of drug-likeness (QED) is 0.706. The Morgan fingerprint density at radius 3 is 2.69 bits per heavy atom. The normalized spacial score (nSPS) is 10.8. The number of aromatic nitrogens is 2. The molecule has 1 heterocycles. The summed E-state index contributed by atoms with van der Waals surface area (Å²) in [6.07, 6.45) is 0.990. The van der Waals surface area contributed by atoms with Crippen molar-refractivity contribution in [2.75, 3.05) is 0 Å². The minimum absolute atomic E-state index is 0.0250. The molecule has 4 nitrogen and oxygen atoms in total. The van der Waals surface area contributed by atoms with Gasteiger partial charge in [-0.15, -0.1) is 0 Å². The van der Waals surface area contributed by atoms with E-state index in [-0.39, 0.29) is 18.1 Å². The number of carbonyl (C=O) groups is 1. The van der Waals surface area contributed by atoms with E-state index in [1.165, 1.54) is 0 Å². The van der Waals surface area contributed by atoms with E-state index in [9.17, 15) is 4.79 Å². The fraction of sp³-hybridized carbons (Fsp3) is 0.667. The van der Waals surface area contributed by atoms with E-state index >= 15 is 0 Å². The number of hydrogen-bond donors (Lipinski definition) is 0. The number of hydrogen-bond acceptors (Lipinski definition) is 4. The third-order valence-corrected chi connectivity index (χ3v) is 1.80. The van der Waals surface area contributed by atoms with Gasteiger partial charge in [0.2, 0.25) is 5.89 Å². The summed E-state index contributed by atoms with van der Waals surface area (Å²) in [6.45, 7) is 5.66. The highest BCUT2D eigenvalue weighted by Gasteiger charge is 2.13. The summed E-state index contributed by atoms with van der Waals surface area (Å²) >= 11 is 0. The zero-order valence-electron chi connectivity index (χ0n) is 8.20. The summed E-state index contributed by atoms with van der Waals surface area (Å²) in [4.78, 5) is 15.3. The van der Waals surface area contributed by atoms with E-state index in [0.29, 0.717) is 11.7 Å². The predicted octanol–water partition coefficient (Wildman–Crippen LogP) is 1.40. The van der Waals surface area contributed by atoms with Crippen LogP contribution in [0.2, 0.25) is 0 Å². The van der Waals surface area contributed by atoms with Crippen LogP contribution < -0.4 is 0 Å². The van der Waals surface area contributed by atoms with E-state index in [2.05, 4.69) is 10.1 Å². The van der Waals surface area contributed by atoms with Crippen LogP contribution in [-0.2, 0) is 17.6 Å². The number of ketones is 1. The van der Waals surface area contributed by atoms with Crippen LogP contribution in [0, 0.1) is 5.92 Å². The molecule has 0 bridgehead atoms. The van der Waals surface area contributed by atoms with Crippen LogP contribution in [0.1, 0.15) is 32.5 Å². The fourth-order valence-electron chi connectivity index (χ4n) is 0.859. The van der Waals surface area contributed by atoms with Gasteiger partial charge < -0.3 is 4.52 Å². The fourth-order valence-corrected chi connectivity index (χ4v) is 0.859. The van der Waals surface area contributed by atoms with Crippen molar-refractivity contribution >= 4 is 5.78 Å². The van der Waals surface area contributed by atoms with Gasteiger partial charge in [-0.3, -0.25) is 4.79 Å². The van der Waals surface area contributed by atoms with Crippen LogP contribution >= 0.6 is 0 Å². The Labute approximate surface area is 77.3 Å². The predicted molar refractivity (Wildman–Crippen MR) is 47.2 cm³/mol. The van der Waals surface area contributed by atoms with E-state index < -0.39 is 0 Å². The summed E-state index contributed by atoms with van der Waals surface area (Å²) < 4.78 is 4.89. The lowest BCUT2D eigenvalue weighted by atomic mass is 10.1. The molecule has 0 spiro atoms. The van der Waals surface area contributed by atoms with Gasteiger partial charge in [0, 0.05) is 12.3 Å². The first-order valence-electron chi connectivity index (χ1n) is 4.47. The Hall–Kier alpha value is -1.19. The summed E-state index contributed by atoms with van der Waals surface area (Å²) in [6, 6.07) is 0. The van der Waals surface area contributed by atoms with E-state index in [1.54, 1.807) is 0 Å². The Balaban J connectivity index is 2.59. The maximum absolute atomic E-state index is 11.3. The Kier molecular flexibility index (Phi) is 3.17. The van der Waals surface area contributed by atoms with Crippen LogP contribution in [0.3, 0.4) is 0 Å². The van der Waals surface area contributed by atoms with Crippen molar-refractivity contribution in [3.05, 3.63) is 11.7 Å². The molecule has 0 aliphatic carbocycles. The Bertz CT molecular complexity index is 292. The van der Waals surface area contributed by atoms with E-state index in [4.69, 9.17) is 4.52 Å². The minimum Gasteiger partial charge on any atom is -0.339 e. The molecule has 0 saturated carbocycles. The average Bonchev–Trinajstić information content (AvgIpc) is 2.52. The maximum atomic E-state index is 11.3. The highest BCUT2D eigenvalue weighted by Crippen LogP contribution is 2.04. The molecule has 0 aromatic carbocycles. The van der Waals surface area contributed by atoms with Crippen molar-refractivity contribution in [3.8, 4) is 0 Å². The first-order chi connectivity index (χ1) is 6.13. The van der Waals surface area contributed by atoms with Gasteiger partial charge >= 0.3 is 0 Å². The lowest BCUT2D eigenvalue weighted by molar-refractivity contribution is -0.121. The van der Waals surface area contributed by atoms with Crippen LogP contribution in [-0.4, -0.2) is 15.9 Å². The highest BCUT2D eigenvalue weighted by atomic mass is 16.5. The number of nitrogens with zero attached hydrogens (tertiary/aromatic N) is 2. The van der Waals surface area contributed by atoms with Crippen LogP contribution in [0.15, 0.2) is 4.52 Å². The summed E-state index contributed by atoms with van der Waals surface area (Å²) in [5.74, 6) is 1.24. The van der Waals surface area contributed by atoms with Gasteiger partial charge in [-0.05, 0) is 0 Å². The summed E-state index contributed by atoms with van der Waals surface area (Å²) in [7, 11) is 0. The van der Waals surface area contributed by atoms with Crippen molar-refractivity contribution in [2.45, 2.75) is 33.6 Å². The number of carbonyl (C=O) groups excluding carboxylic acids is 1. The maximum Gasteiger partial charge on any atom is 0.234 e. The highest BCUT2D eigenvalue weighted by molar-refractivity contribution is 5.81. The largest absolute Gasteiger partial charge is 0.339 e. The lowest BCUT2D eigenvalue weighted by Gasteiger charge is -1.98. The number of aryl methyl sites for hydroxylation is 1. The zero-order valence-corrected chi connectivity index (χ0v) is 8.20. The van der Waals surface area contributed by atoms with Crippen molar-refractivity contribution in [1.29, 1.82) is 0 Å². The molecule has 0 fully saturated rings. The minimum atomic E-state index is 0.0250. The molecule has 1 aromatic rings. The summed E-state index contributed by atoms with van der Waals surface area (Å²) in [5, 5.41) is 3.71. The standard InChI is InChI=1S/C9H14N2O2/c1-4-8-10-9(13-11-8)5-7(12)6(2)3/h6H,4-5H2,1-3H3. The SMILES string of the molecule is CCc1noc(CC(=O)C(C)C)n1. The molecule has 0 atom stereocenters. The molecule has 4 heteroatoms. The van der Waals surface area contributed by atoms with Crippen LogP contribution in [0.5, 0.6) is 0 Å². The van der Waals surface area contributed by atoms with Gasteiger partial charge in [-0.25, -0.2) is 0 Å². The first kappa shape index (κ1) is 9.89. The van der Waals surface area contributed by atoms with E-state index in [0.717, 1.165) is 6.42 Å². The van der Waals surface area contributed by atoms with Gasteiger partial charge in [0.1, 0.15) is 5.78 Å². The molecule has 72 valence electrons. The first-order valence-corrected chi connectivity index (χ1v) is 4.47. The molecule has 0 radical (unpaired) electrons. The third kappa shape index (κ3) is 2.65. The molecular weight excluding hydrogens is 168 g/mol. The van der Waals surface area contributed by atoms with Crippen LogP contribution in [0.4, 0.5) is 0 Å². The molecule has 13 heavy (non-hydrogen) atoms. The van der Waals surface area contributed by atoms with Gasteiger partial charge in [0.15, 0.2) is 5.82 Å². The molecule has 0 amide bonds. The summed E-state index contributed by atoms with van der Waals surface area (Å²) in [5.41, 5.74) is 0. The van der Waals surface area contributed by atoms with Gasteiger partial charge in [0.05, 0.1) is 6.42 Å². The lowest BCUT2D eigenvalue weighted by Crippen LogP contribution is -2.10. The second-order valence-corrected chi connectivity index (χ2v) is 3.26. The van der Waals surface area contributed by atoms with Gasteiger partial charge in [-0.1, -0.05) is 25.9 Å². The molecule has 0 aliphatic heterocycles. The second kappa shape index (κ2) is 4.16. The van der Waals surface area contributed by atoms with Crippen LogP contribution in [0.25, 0.3) is 0 Å². The van der Waals surface area contributed by atoms with Gasteiger partial charge in [-0.2, -0.15) is 4.98 Å². The smallest absolute Gasteiger partial charge is 0.234 e. The van der Waals surface area contributed by atoms with Gasteiger partial charge in [0.25, 0.3) is 0 Å². The zero-order chi connectivity index (χ0) is 9.84. The monoisotopic (exact) mass is 182 g/mol. The topological polar surface area (TPSA) is 56.0 Å².